The first-order chi connectivity index (χ1) is 9.74. The second kappa shape index (κ2) is 10.4. The third-order valence-electron chi connectivity index (χ3n) is 3.47. The minimum absolute atomic E-state index is 0.0864. The number of carbonyl (C=O) groups excluding carboxylic acids is 1. The molecule has 3 heteroatoms. The van der Waals surface area contributed by atoms with Crippen molar-refractivity contribution in [3.8, 4) is 0 Å². The second-order valence-electron chi connectivity index (χ2n) is 5.28. The average molecular weight is 276 g/mol. The van der Waals surface area contributed by atoms with Gasteiger partial charge in [-0.15, -0.1) is 0 Å². The normalized spacial score (nSPS) is 12.1. The van der Waals surface area contributed by atoms with Gasteiger partial charge in [0.1, 0.15) is 0 Å². The number of unbranched alkanes of at least 4 members (excludes halogenated alkanes) is 4. The Morgan fingerprint density at radius 2 is 1.80 bits per heavy atom. The van der Waals surface area contributed by atoms with Crippen LogP contribution in [0, 0.1) is 0 Å². The van der Waals surface area contributed by atoms with Gasteiger partial charge in [-0.2, -0.15) is 0 Å². The number of hydrogen-bond acceptors (Lipinski definition) is 2. The van der Waals surface area contributed by atoms with Crippen molar-refractivity contribution in [2.75, 3.05) is 13.1 Å². The highest BCUT2D eigenvalue weighted by Gasteiger charge is 2.06. The van der Waals surface area contributed by atoms with E-state index in [1.807, 2.05) is 18.2 Å². The molecule has 2 N–H and O–H groups in total. The zero-order valence-corrected chi connectivity index (χ0v) is 12.8. The van der Waals surface area contributed by atoms with E-state index in [1.54, 1.807) is 0 Å². The molecule has 0 saturated carbocycles. The summed E-state index contributed by atoms with van der Waals surface area (Å²) in [5.74, 6) is 0.0864. The molecule has 0 aliphatic carbocycles. The van der Waals surface area contributed by atoms with Gasteiger partial charge in [-0.1, -0.05) is 62.9 Å². The monoisotopic (exact) mass is 276 g/mol. The summed E-state index contributed by atoms with van der Waals surface area (Å²) in [4.78, 5) is 11.7. The minimum atomic E-state index is 0.0864. The summed E-state index contributed by atoms with van der Waals surface area (Å²) in [7, 11) is 0. The topological polar surface area (TPSA) is 41.1 Å². The predicted molar refractivity (Wildman–Crippen MR) is 84.6 cm³/mol. The molecule has 0 spiro atoms. The van der Waals surface area contributed by atoms with Crippen LogP contribution in [0.5, 0.6) is 0 Å². The van der Waals surface area contributed by atoms with Gasteiger partial charge in [0.15, 0.2) is 0 Å². The van der Waals surface area contributed by atoms with E-state index >= 15 is 0 Å². The lowest BCUT2D eigenvalue weighted by Gasteiger charge is -2.14. The van der Waals surface area contributed by atoms with Crippen LogP contribution in [0.3, 0.4) is 0 Å². The van der Waals surface area contributed by atoms with Crippen LogP contribution in [0.2, 0.25) is 0 Å². The van der Waals surface area contributed by atoms with E-state index in [2.05, 4.69) is 36.6 Å². The van der Waals surface area contributed by atoms with E-state index in [0.717, 1.165) is 13.0 Å². The van der Waals surface area contributed by atoms with Crippen molar-refractivity contribution in [3.05, 3.63) is 35.9 Å². The first-order valence-corrected chi connectivity index (χ1v) is 7.79. The Morgan fingerprint density at radius 3 is 2.50 bits per heavy atom. The second-order valence-corrected chi connectivity index (χ2v) is 5.28. The summed E-state index contributed by atoms with van der Waals surface area (Å²) < 4.78 is 0. The molecule has 1 atom stereocenters. The van der Waals surface area contributed by atoms with Crippen LogP contribution in [-0.2, 0) is 4.79 Å². The van der Waals surface area contributed by atoms with Gasteiger partial charge >= 0.3 is 0 Å². The number of nitrogens with one attached hydrogen (secondary N) is 2. The third-order valence-corrected chi connectivity index (χ3v) is 3.47. The molecule has 3 nitrogen and oxygen atoms in total. The zero-order valence-electron chi connectivity index (χ0n) is 12.8. The third kappa shape index (κ3) is 7.29. The average Bonchev–Trinajstić information content (AvgIpc) is 2.49. The van der Waals surface area contributed by atoms with Crippen LogP contribution in [-0.4, -0.2) is 19.0 Å². The van der Waals surface area contributed by atoms with E-state index in [0.29, 0.717) is 6.54 Å². The number of amides is 1. The summed E-state index contributed by atoms with van der Waals surface area (Å²) in [6.45, 7) is 5.46. The van der Waals surface area contributed by atoms with Crippen molar-refractivity contribution < 1.29 is 4.79 Å². The van der Waals surface area contributed by atoms with Gasteiger partial charge in [0, 0.05) is 12.6 Å². The Bertz CT molecular complexity index is 365. The van der Waals surface area contributed by atoms with E-state index in [4.69, 9.17) is 0 Å². The predicted octanol–water partition coefficient (Wildman–Crippen LogP) is 3.42. The zero-order chi connectivity index (χ0) is 14.6. The largest absolute Gasteiger partial charge is 0.355 e. The Morgan fingerprint density at radius 1 is 1.10 bits per heavy atom. The molecule has 0 fully saturated rings. The Labute approximate surface area is 123 Å². The molecular formula is C17H28N2O. The molecule has 1 rings (SSSR count). The van der Waals surface area contributed by atoms with Crippen molar-refractivity contribution in [3.63, 3.8) is 0 Å². The lowest BCUT2D eigenvalue weighted by molar-refractivity contribution is -0.120. The molecule has 0 aromatic heterocycles. The number of benzene rings is 1. The molecule has 1 aromatic rings. The molecule has 0 saturated heterocycles. The molecule has 0 aliphatic heterocycles. The van der Waals surface area contributed by atoms with Crippen LogP contribution >= 0.6 is 0 Å². The van der Waals surface area contributed by atoms with Crippen molar-refractivity contribution in [2.45, 2.75) is 52.0 Å². The van der Waals surface area contributed by atoms with Crippen LogP contribution < -0.4 is 10.6 Å². The molecular weight excluding hydrogens is 248 g/mol. The quantitative estimate of drug-likeness (QED) is 0.643. The molecule has 1 amide bonds. The molecule has 0 aliphatic rings. The van der Waals surface area contributed by atoms with Gasteiger partial charge in [0.05, 0.1) is 6.54 Å². The molecule has 1 aromatic carbocycles. The summed E-state index contributed by atoms with van der Waals surface area (Å²) in [5.41, 5.74) is 1.21. The molecule has 0 bridgehead atoms. The van der Waals surface area contributed by atoms with E-state index in [9.17, 15) is 4.79 Å². The summed E-state index contributed by atoms with van der Waals surface area (Å²) >= 11 is 0. The first-order valence-electron chi connectivity index (χ1n) is 7.79. The van der Waals surface area contributed by atoms with Crippen molar-refractivity contribution >= 4 is 5.91 Å². The van der Waals surface area contributed by atoms with Crippen LogP contribution in [0.25, 0.3) is 0 Å². The first kappa shape index (κ1) is 16.7. The van der Waals surface area contributed by atoms with Crippen LogP contribution in [0.4, 0.5) is 0 Å². The fraction of sp³-hybridized carbons (Fsp3) is 0.588. The smallest absolute Gasteiger partial charge is 0.233 e. The molecule has 1 unspecified atom stereocenters. The maximum absolute atomic E-state index is 11.7. The van der Waals surface area contributed by atoms with Gasteiger partial charge in [-0.05, 0) is 18.9 Å². The summed E-state index contributed by atoms with van der Waals surface area (Å²) in [5, 5.41) is 6.21. The fourth-order valence-electron chi connectivity index (χ4n) is 2.12. The standard InChI is InChI=1S/C17H28N2O/c1-3-4-5-6-10-13-18-17(20)14-19-15(2)16-11-8-7-9-12-16/h7-9,11-12,15,19H,3-6,10,13-14H2,1-2H3,(H,18,20). The van der Waals surface area contributed by atoms with Crippen LogP contribution in [0.15, 0.2) is 30.3 Å². The van der Waals surface area contributed by atoms with Crippen molar-refractivity contribution in [2.24, 2.45) is 0 Å². The van der Waals surface area contributed by atoms with Gasteiger partial charge in [0.2, 0.25) is 5.91 Å². The lowest BCUT2D eigenvalue weighted by Crippen LogP contribution is -2.35. The summed E-state index contributed by atoms with van der Waals surface area (Å²) in [6.07, 6.45) is 6.12. The van der Waals surface area contributed by atoms with Gasteiger partial charge in [-0.3, -0.25) is 4.79 Å². The van der Waals surface area contributed by atoms with Crippen molar-refractivity contribution in [1.29, 1.82) is 0 Å². The van der Waals surface area contributed by atoms with Crippen LogP contribution in [0.1, 0.15) is 57.6 Å². The maximum atomic E-state index is 11.7. The molecule has 0 heterocycles. The highest BCUT2D eigenvalue weighted by atomic mass is 16.1. The number of rotatable bonds is 10. The molecule has 20 heavy (non-hydrogen) atoms. The maximum Gasteiger partial charge on any atom is 0.233 e. The van der Waals surface area contributed by atoms with Gasteiger partial charge < -0.3 is 10.6 Å². The van der Waals surface area contributed by atoms with Gasteiger partial charge in [-0.25, -0.2) is 0 Å². The van der Waals surface area contributed by atoms with E-state index < -0.39 is 0 Å². The SMILES string of the molecule is CCCCCCCNC(=O)CNC(C)c1ccccc1. The minimum Gasteiger partial charge on any atom is -0.355 e. The number of carbonyl (C=O) groups is 1. The highest BCUT2D eigenvalue weighted by Crippen LogP contribution is 2.10. The molecule has 112 valence electrons. The van der Waals surface area contributed by atoms with E-state index in [1.165, 1.54) is 31.2 Å². The Kier molecular flexibility index (Phi) is 8.72. The highest BCUT2D eigenvalue weighted by molar-refractivity contribution is 5.77. The molecule has 0 radical (unpaired) electrons. The summed E-state index contributed by atoms with van der Waals surface area (Å²) in [6, 6.07) is 10.4. The Balaban J connectivity index is 2.08. The Hall–Kier alpha value is -1.35. The van der Waals surface area contributed by atoms with Gasteiger partial charge in [0.25, 0.3) is 0 Å². The van der Waals surface area contributed by atoms with Crippen molar-refractivity contribution in [1.82, 2.24) is 10.6 Å². The fourth-order valence-corrected chi connectivity index (χ4v) is 2.12. The number of hydrogen-bond donors (Lipinski definition) is 2. The lowest BCUT2D eigenvalue weighted by atomic mass is 10.1. The van der Waals surface area contributed by atoms with E-state index in [-0.39, 0.29) is 11.9 Å².